The van der Waals surface area contributed by atoms with E-state index in [-0.39, 0.29) is 11.7 Å². The predicted molar refractivity (Wildman–Crippen MR) is 131 cm³/mol. The summed E-state index contributed by atoms with van der Waals surface area (Å²) in [4.78, 5) is 23.4. The van der Waals surface area contributed by atoms with Crippen LogP contribution >= 0.6 is 0 Å². The minimum atomic E-state index is -0.388. The Morgan fingerprint density at radius 3 is 2.48 bits per heavy atom. The Morgan fingerprint density at radius 2 is 1.73 bits per heavy atom. The second-order valence-electron chi connectivity index (χ2n) is 7.73. The number of para-hydroxylation sites is 1. The number of benzene rings is 3. The molecule has 2 N–H and O–H groups in total. The standard InChI is InChI=1S/C26H24FN5O/c1-32(2)16-8-13-23(33)30-22-15-14-21-25(24(22)18-9-4-3-5-10-18)26(29-17-28-21)31-20-12-7-6-11-19(20)27/h3-15,17H,16H2,1-2H3,(H,30,33)(H,28,29,31)/b13-8+. The maximum absolute atomic E-state index is 14.4. The molecule has 166 valence electrons. The number of carbonyl (C=O) groups excluding carboxylic acids is 1. The number of anilines is 3. The van der Waals surface area contributed by atoms with Crippen LogP contribution in [-0.2, 0) is 4.79 Å². The molecular weight excluding hydrogens is 417 g/mol. The molecule has 0 unspecified atom stereocenters. The van der Waals surface area contributed by atoms with Gasteiger partial charge in [0.1, 0.15) is 18.0 Å². The summed E-state index contributed by atoms with van der Waals surface area (Å²) in [7, 11) is 3.87. The number of nitrogens with one attached hydrogen (secondary N) is 2. The predicted octanol–water partition coefficient (Wildman–Crippen LogP) is 5.24. The van der Waals surface area contributed by atoms with Crippen LogP contribution < -0.4 is 10.6 Å². The number of nitrogens with zero attached hydrogens (tertiary/aromatic N) is 3. The van der Waals surface area contributed by atoms with Crippen LogP contribution in [-0.4, -0.2) is 41.4 Å². The average molecular weight is 442 g/mol. The molecule has 0 radical (unpaired) electrons. The molecule has 6 nitrogen and oxygen atoms in total. The number of carbonyl (C=O) groups is 1. The van der Waals surface area contributed by atoms with Crippen molar-refractivity contribution in [2.24, 2.45) is 0 Å². The van der Waals surface area contributed by atoms with E-state index in [1.54, 1.807) is 24.3 Å². The molecule has 4 rings (SSSR count). The van der Waals surface area contributed by atoms with Gasteiger partial charge in [0, 0.05) is 23.9 Å². The summed E-state index contributed by atoms with van der Waals surface area (Å²) in [6.45, 7) is 0.654. The first-order chi connectivity index (χ1) is 16.0. The molecule has 1 amide bonds. The summed E-state index contributed by atoms with van der Waals surface area (Å²) in [5.41, 5.74) is 3.21. The molecule has 4 aromatic rings. The Morgan fingerprint density at radius 1 is 0.970 bits per heavy atom. The van der Waals surface area contributed by atoms with Crippen LogP contribution in [0.2, 0.25) is 0 Å². The molecule has 0 aliphatic heterocycles. The van der Waals surface area contributed by atoms with Crippen molar-refractivity contribution < 1.29 is 9.18 Å². The first kappa shape index (κ1) is 22.1. The van der Waals surface area contributed by atoms with Gasteiger partial charge in [0.25, 0.3) is 0 Å². The second kappa shape index (κ2) is 10.0. The summed E-state index contributed by atoms with van der Waals surface area (Å²) in [5, 5.41) is 6.75. The molecule has 0 bridgehead atoms. The van der Waals surface area contributed by atoms with Crippen LogP contribution in [0.1, 0.15) is 0 Å². The van der Waals surface area contributed by atoms with Gasteiger partial charge in [0.2, 0.25) is 5.91 Å². The highest BCUT2D eigenvalue weighted by Gasteiger charge is 2.17. The van der Waals surface area contributed by atoms with Gasteiger partial charge in [-0.25, -0.2) is 14.4 Å². The Labute approximate surface area is 191 Å². The molecule has 0 atom stereocenters. The van der Waals surface area contributed by atoms with Gasteiger partial charge >= 0.3 is 0 Å². The lowest BCUT2D eigenvalue weighted by atomic mass is 9.98. The summed E-state index contributed by atoms with van der Waals surface area (Å²) in [6.07, 6.45) is 4.74. The molecule has 0 saturated carbocycles. The SMILES string of the molecule is CN(C)C/C=C/C(=O)Nc1ccc2ncnc(Nc3ccccc3F)c2c1-c1ccccc1. The fourth-order valence-corrected chi connectivity index (χ4v) is 3.49. The first-order valence-corrected chi connectivity index (χ1v) is 10.5. The third kappa shape index (κ3) is 5.22. The van der Waals surface area contributed by atoms with E-state index in [2.05, 4.69) is 20.6 Å². The summed E-state index contributed by atoms with van der Waals surface area (Å²) >= 11 is 0. The molecule has 0 spiro atoms. The quantitative estimate of drug-likeness (QED) is 0.384. The van der Waals surface area contributed by atoms with E-state index in [1.807, 2.05) is 61.5 Å². The zero-order valence-electron chi connectivity index (χ0n) is 18.4. The largest absolute Gasteiger partial charge is 0.337 e. The van der Waals surface area contributed by atoms with Gasteiger partial charge in [-0.1, -0.05) is 48.5 Å². The minimum absolute atomic E-state index is 0.242. The van der Waals surface area contributed by atoms with E-state index in [9.17, 15) is 9.18 Å². The van der Waals surface area contributed by atoms with Crippen LogP contribution in [0.25, 0.3) is 22.0 Å². The molecule has 0 aliphatic rings. The van der Waals surface area contributed by atoms with Crippen molar-refractivity contribution in [1.82, 2.24) is 14.9 Å². The Bertz CT molecular complexity index is 1300. The molecular formula is C26H24FN5O. The van der Waals surface area contributed by atoms with Gasteiger partial charge in [-0.2, -0.15) is 0 Å². The van der Waals surface area contributed by atoms with Crippen molar-refractivity contribution in [3.63, 3.8) is 0 Å². The van der Waals surface area contributed by atoms with Gasteiger partial charge in [-0.3, -0.25) is 4.79 Å². The van der Waals surface area contributed by atoms with Crippen molar-refractivity contribution in [3.8, 4) is 11.1 Å². The maximum atomic E-state index is 14.4. The van der Waals surface area contributed by atoms with Crippen molar-refractivity contribution in [3.05, 3.63) is 91.0 Å². The zero-order valence-corrected chi connectivity index (χ0v) is 18.4. The first-order valence-electron chi connectivity index (χ1n) is 10.5. The van der Waals surface area contributed by atoms with Crippen molar-refractivity contribution in [2.45, 2.75) is 0 Å². The molecule has 1 aromatic heterocycles. The van der Waals surface area contributed by atoms with Crippen molar-refractivity contribution in [1.29, 1.82) is 0 Å². The van der Waals surface area contributed by atoms with Gasteiger partial charge in [-0.15, -0.1) is 0 Å². The summed E-state index contributed by atoms with van der Waals surface area (Å²) in [6, 6.07) is 19.7. The van der Waals surface area contributed by atoms with E-state index >= 15 is 0 Å². The van der Waals surface area contributed by atoms with Crippen LogP contribution in [0, 0.1) is 5.82 Å². The van der Waals surface area contributed by atoms with Gasteiger partial charge < -0.3 is 15.5 Å². The molecule has 0 fully saturated rings. The monoisotopic (exact) mass is 441 g/mol. The number of halogens is 1. The number of likely N-dealkylation sites (N-methyl/N-ethyl adjacent to an activating group) is 1. The zero-order chi connectivity index (χ0) is 23.2. The van der Waals surface area contributed by atoms with Crippen LogP contribution in [0.4, 0.5) is 21.6 Å². The number of hydrogen-bond donors (Lipinski definition) is 2. The topological polar surface area (TPSA) is 70.2 Å². The number of rotatable bonds is 7. The normalized spacial score (nSPS) is 11.3. The summed E-state index contributed by atoms with van der Waals surface area (Å²) in [5.74, 6) is -0.182. The Balaban J connectivity index is 1.84. The Hall–Kier alpha value is -4.10. The van der Waals surface area contributed by atoms with Crippen LogP contribution in [0.15, 0.2) is 85.2 Å². The van der Waals surface area contributed by atoms with Crippen molar-refractivity contribution in [2.75, 3.05) is 31.3 Å². The van der Waals surface area contributed by atoms with Crippen LogP contribution in [0.5, 0.6) is 0 Å². The van der Waals surface area contributed by atoms with E-state index < -0.39 is 0 Å². The lowest BCUT2D eigenvalue weighted by Crippen LogP contribution is -2.13. The van der Waals surface area contributed by atoms with Crippen LogP contribution in [0.3, 0.4) is 0 Å². The van der Waals surface area contributed by atoms with E-state index in [1.165, 1.54) is 18.5 Å². The Kier molecular flexibility index (Phi) is 6.71. The highest BCUT2D eigenvalue weighted by Crippen LogP contribution is 2.39. The fourth-order valence-electron chi connectivity index (χ4n) is 3.49. The number of fused-ring (bicyclic) bond motifs is 1. The molecule has 3 aromatic carbocycles. The van der Waals surface area contributed by atoms with Gasteiger partial charge in [0.15, 0.2) is 0 Å². The minimum Gasteiger partial charge on any atom is -0.337 e. The lowest BCUT2D eigenvalue weighted by molar-refractivity contribution is -0.111. The highest BCUT2D eigenvalue weighted by molar-refractivity contribution is 6.11. The number of hydrogen-bond acceptors (Lipinski definition) is 5. The molecule has 33 heavy (non-hydrogen) atoms. The molecule has 1 heterocycles. The highest BCUT2D eigenvalue weighted by atomic mass is 19.1. The lowest BCUT2D eigenvalue weighted by Gasteiger charge is -2.17. The molecule has 0 saturated heterocycles. The molecule has 7 heteroatoms. The van der Waals surface area contributed by atoms with Gasteiger partial charge in [0.05, 0.1) is 16.6 Å². The van der Waals surface area contributed by atoms with Crippen molar-refractivity contribution >= 4 is 34.0 Å². The third-order valence-electron chi connectivity index (χ3n) is 4.99. The van der Waals surface area contributed by atoms with Gasteiger partial charge in [-0.05, 0) is 43.9 Å². The number of amides is 1. The fraction of sp³-hybridized carbons (Fsp3) is 0.115. The van der Waals surface area contributed by atoms with E-state index in [0.29, 0.717) is 34.6 Å². The van der Waals surface area contributed by atoms with E-state index in [0.717, 1.165) is 11.1 Å². The second-order valence-corrected chi connectivity index (χ2v) is 7.73. The average Bonchev–Trinajstić information content (AvgIpc) is 2.81. The third-order valence-corrected chi connectivity index (χ3v) is 4.99. The smallest absolute Gasteiger partial charge is 0.248 e. The number of aromatic nitrogens is 2. The summed E-state index contributed by atoms with van der Waals surface area (Å²) < 4.78 is 14.4. The van der Waals surface area contributed by atoms with E-state index in [4.69, 9.17) is 0 Å². The maximum Gasteiger partial charge on any atom is 0.248 e. The molecule has 0 aliphatic carbocycles.